The van der Waals surface area contributed by atoms with E-state index in [1.165, 1.54) is 0 Å². The van der Waals surface area contributed by atoms with Crippen molar-refractivity contribution in [1.82, 2.24) is 10.3 Å². The third-order valence-electron chi connectivity index (χ3n) is 2.99. The van der Waals surface area contributed by atoms with Crippen molar-refractivity contribution >= 4 is 21.8 Å². The summed E-state index contributed by atoms with van der Waals surface area (Å²) in [5.74, 6) is -0.165. The van der Waals surface area contributed by atoms with E-state index in [1.54, 1.807) is 18.5 Å². The number of aromatic nitrogens is 1. The van der Waals surface area contributed by atoms with Gasteiger partial charge >= 0.3 is 0 Å². The van der Waals surface area contributed by atoms with Gasteiger partial charge in [-0.2, -0.15) is 0 Å². The quantitative estimate of drug-likeness (QED) is 0.854. The number of amides is 1. The molecule has 0 aliphatic rings. The highest BCUT2D eigenvalue weighted by Crippen LogP contribution is 2.12. The molecule has 0 spiro atoms. The fourth-order valence-corrected chi connectivity index (χ4v) is 2.31. The Balaban J connectivity index is 1.86. The van der Waals surface area contributed by atoms with Crippen LogP contribution < -0.4 is 5.32 Å². The van der Waals surface area contributed by atoms with Gasteiger partial charge < -0.3 is 10.1 Å². The number of hydrogen-bond acceptors (Lipinski definition) is 3. The van der Waals surface area contributed by atoms with Gasteiger partial charge in [0.25, 0.3) is 5.91 Å². The molecule has 0 saturated heterocycles. The van der Waals surface area contributed by atoms with Gasteiger partial charge in [-0.3, -0.25) is 9.78 Å². The molecule has 0 aliphatic heterocycles. The first-order chi connectivity index (χ1) is 10.5. The third kappa shape index (κ3) is 5.24. The number of carbonyl (C=O) groups excluding carboxylic acids is 1. The van der Waals surface area contributed by atoms with Gasteiger partial charge in [-0.25, -0.2) is 0 Å². The van der Waals surface area contributed by atoms with Crippen molar-refractivity contribution in [3.8, 4) is 0 Å². The van der Waals surface area contributed by atoms with Crippen molar-refractivity contribution < 1.29 is 9.53 Å². The molecule has 1 aromatic heterocycles. The van der Waals surface area contributed by atoms with Crippen molar-refractivity contribution in [1.29, 1.82) is 0 Å². The Morgan fingerprint density at radius 2 is 2.00 bits per heavy atom. The normalized spacial score (nSPS) is 11.2. The Morgan fingerprint density at radius 1 is 1.27 bits per heavy atom. The zero-order chi connectivity index (χ0) is 16.0. The van der Waals surface area contributed by atoms with Gasteiger partial charge in [-0.15, -0.1) is 0 Å². The van der Waals surface area contributed by atoms with Gasteiger partial charge in [0, 0.05) is 16.9 Å². The lowest BCUT2D eigenvalue weighted by atomic mass is 10.1. The van der Waals surface area contributed by atoms with Crippen molar-refractivity contribution in [3.63, 3.8) is 0 Å². The van der Waals surface area contributed by atoms with Gasteiger partial charge in [0.1, 0.15) is 0 Å². The molecule has 0 saturated carbocycles. The molecule has 2 rings (SSSR count). The number of halogens is 1. The van der Waals surface area contributed by atoms with E-state index in [9.17, 15) is 4.79 Å². The van der Waals surface area contributed by atoms with E-state index >= 15 is 0 Å². The fourth-order valence-electron chi connectivity index (χ4n) is 1.95. The number of ether oxygens (including phenoxy) is 1. The predicted molar refractivity (Wildman–Crippen MR) is 89.6 cm³/mol. The zero-order valence-electron chi connectivity index (χ0n) is 12.7. The van der Waals surface area contributed by atoms with Crippen LogP contribution in [0.2, 0.25) is 0 Å². The average molecular weight is 363 g/mol. The topological polar surface area (TPSA) is 51.2 Å². The molecule has 22 heavy (non-hydrogen) atoms. The summed E-state index contributed by atoms with van der Waals surface area (Å²) in [7, 11) is 0. The molecule has 1 heterocycles. The van der Waals surface area contributed by atoms with Crippen molar-refractivity contribution in [2.24, 2.45) is 0 Å². The number of rotatable bonds is 6. The van der Waals surface area contributed by atoms with Crippen LogP contribution in [0.25, 0.3) is 0 Å². The summed E-state index contributed by atoms with van der Waals surface area (Å²) in [6, 6.07) is 11.7. The summed E-state index contributed by atoms with van der Waals surface area (Å²) in [6.45, 7) is 4.82. The van der Waals surface area contributed by atoms with Crippen LogP contribution >= 0.6 is 15.9 Å². The Labute approximate surface area is 139 Å². The molecule has 0 unspecified atom stereocenters. The zero-order valence-corrected chi connectivity index (χ0v) is 14.3. The van der Waals surface area contributed by atoms with Gasteiger partial charge in [0.15, 0.2) is 0 Å². The number of benzene rings is 1. The lowest BCUT2D eigenvalue weighted by Gasteiger charge is -2.26. The van der Waals surface area contributed by atoms with Crippen molar-refractivity contribution in [2.45, 2.75) is 26.0 Å². The lowest BCUT2D eigenvalue weighted by Crippen LogP contribution is -2.47. The van der Waals surface area contributed by atoms with E-state index in [2.05, 4.69) is 26.2 Å². The summed E-state index contributed by atoms with van der Waals surface area (Å²) in [5, 5.41) is 2.96. The summed E-state index contributed by atoms with van der Waals surface area (Å²) in [4.78, 5) is 16.2. The monoisotopic (exact) mass is 362 g/mol. The second-order valence-electron chi connectivity index (χ2n) is 5.71. The van der Waals surface area contributed by atoms with Gasteiger partial charge in [-0.05, 0) is 41.4 Å². The molecule has 116 valence electrons. The highest BCUT2D eigenvalue weighted by molar-refractivity contribution is 9.10. The number of hydrogen-bond donors (Lipinski definition) is 1. The SMILES string of the molecule is CC(C)(COCc1ccccc1)NC(=O)c1cncc(Br)c1. The van der Waals surface area contributed by atoms with Gasteiger partial charge in [0.2, 0.25) is 0 Å². The molecule has 0 aliphatic carbocycles. The second-order valence-corrected chi connectivity index (χ2v) is 6.62. The number of carbonyl (C=O) groups is 1. The average Bonchev–Trinajstić information content (AvgIpc) is 2.47. The number of nitrogens with zero attached hydrogens (tertiary/aromatic N) is 1. The fraction of sp³-hybridized carbons (Fsp3) is 0.294. The molecule has 1 aromatic carbocycles. The predicted octanol–water partition coefficient (Wildman–Crippen LogP) is 3.57. The number of nitrogens with one attached hydrogen (secondary N) is 1. The minimum Gasteiger partial charge on any atom is -0.374 e. The summed E-state index contributed by atoms with van der Waals surface area (Å²) >= 11 is 3.31. The summed E-state index contributed by atoms with van der Waals surface area (Å²) < 4.78 is 6.48. The van der Waals surface area contributed by atoms with Crippen LogP contribution in [0.3, 0.4) is 0 Å². The Morgan fingerprint density at radius 3 is 2.68 bits per heavy atom. The van der Waals surface area contributed by atoms with Crippen molar-refractivity contribution in [2.75, 3.05) is 6.61 Å². The highest BCUT2D eigenvalue weighted by Gasteiger charge is 2.21. The van der Waals surface area contributed by atoms with Crippen LogP contribution in [0.5, 0.6) is 0 Å². The Hall–Kier alpha value is -1.72. The minimum atomic E-state index is -0.464. The van der Waals surface area contributed by atoms with Gasteiger partial charge in [0.05, 0.1) is 24.3 Å². The second kappa shape index (κ2) is 7.51. The summed E-state index contributed by atoms with van der Waals surface area (Å²) in [5.41, 5.74) is 1.17. The maximum atomic E-state index is 12.2. The van der Waals surface area contributed by atoms with E-state index in [0.717, 1.165) is 10.0 Å². The van der Waals surface area contributed by atoms with E-state index in [4.69, 9.17) is 4.74 Å². The molecule has 4 nitrogen and oxygen atoms in total. The molecule has 0 atom stereocenters. The van der Waals surface area contributed by atoms with E-state index < -0.39 is 5.54 Å². The smallest absolute Gasteiger partial charge is 0.253 e. The Kier molecular flexibility index (Phi) is 5.69. The maximum absolute atomic E-state index is 12.2. The minimum absolute atomic E-state index is 0.165. The first kappa shape index (κ1) is 16.6. The molecular weight excluding hydrogens is 344 g/mol. The molecule has 1 N–H and O–H groups in total. The van der Waals surface area contributed by atoms with E-state index in [-0.39, 0.29) is 5.91 Å². The van der Waals surface area contributed by atoms with Crippen LogP contribution in [0.1, 0.15) is 29.8 Å². The summed E-state index contributed by atoms with van der Waals surface area (Å²) in [6.07, 6.45) is 3.19. The van der Waals surface area contributed by atoms with Gasteiger partial charge in [-0.1, -0.05) is 30.3 Å². The first-order valence-electron chi connectivity index (χ1n) is 7.01. The molecule has 0 bridgehead atoms. The van der Waals surface area contributed by atoms with Crippen LogP contribution in [-0.2, 0) is 11.3 Å². The van der Waals surface area contributed by atoms with E-state index in [0.29, 0.717) is 18.8 Å². The maximum Gasteiger partial charge on any atom is 0.253 e. The van der Waals surface area contributed by atoms with Crippen LogP contribution in [0.4, 0.5) is 0 Å². The Bertz CT molecular complexity index is 630. The molecule has 5 heteroatoms. The third-order valence-corrected chi connectivity index (χ3v) is 3.43. The lowest BCUT2D eigenvalue weighted by molar-refractivity contribution is 0.0616. The first-order valence-corrected chi connectivity index (χ1v) is 7.80. The number of pyridine rings is 1. The molecular formula is C17H19BrN2O2. The largest absolute Gasteiger partial charge is 0.374 e. The van der Waals surface area contributed by atoms with E-state index in [1.807, 2.05) is 44.2 Å². The highest BCUT2D eigenvalue weighted by atomic mass is 79.9. The molecule has 0 radical (unpaired) electrons. The van der Waals surface area contributed by atoms with Crippen LogP contribution in [0.15, 0.2) is 53.3 Å². The molecule has 1 amide bonds. The molecule has 0 fully saturated rings. The van der Waals surface area contributed by atoms with Crippen LogP contribution in [0, 0.1) is 0 Å². The van der Waals surface area contributed by atoms with Crippen LogP contribution in [-0.4, -0.2) is 23.0 Å². The molecule has 2 aromatic rings. The van der Waals surface area contributed by atoms with Crippen molar-refractivity contribution in [3.05, 3.63) is 64.4 Å². The standard InChI is InChI=1S/C17H19BrN2O2/c1-17(2,12-22-11-13-6-4-3-5-7-13)20-16(21)14-8-15(18)10-19-9-14/h3-10H,11-12H2,1-2H3,(H,20,21).